The molecule has 1 amide bonds. The molecule has 0 N–H and O–H groups in total. The van der Waals surface area contributed by atoms with Crippen molar-refractivity contribution in [3.8, 4) is 0 Å². The van der Waals surface area contributed by atoms with Crippen LogP contribution in [-0.4, -0.2) is 47.4 Å². The van der Waals surface area contributed by atoms with Crippen molar-refractivity contribution in [3.05, 3.63) is 35.3 Å². The van der Waals surface area contributed by atoms with Crippen molar-refractivity contribution in [3.63, 3.8) is 0 Å². The second-order valence-electron chi connectivity index (χ2n) is 7.44. The molecule has 3 rings (SSSR count). The number of hydrogen-bond acceptors (Lipinski definition) is 4. The van der Waals surface area contributed by atoms with Crippen molar-refractivity contribution in [2.75, 3.05) is 19.6 Å². The first kappa shape index (κ1) is 19.7. The van der Waals surface area contributed by atoms with E-state index in [1.807, 2.05) is 13.0 Å². The van der Waals surface area contributed by atoms with Crippen molar-refractivity contribution in [2.45, 2.75) is 71.8 Å². The Morgan fingerprint density at radius 1 is 1.15 bits per heavy atom. The van der Waals surface area contributed by atoms with Crippen LogP contribution >= 0.6 is 0 Å². The summed E-state index contributed by atoms with van der Waals surface area (Å²) in [4.78, 5) is 21.5. The molecule has 27 heavy (non-hydrogen) atoms. The molecule has 0 unspecified atom stereocenters. The number of nitrogens with zero attached hydrogens (tertiary/aromatic N) is 3. The number of aliphatic imine (C=N–C) groups is 1. The highest BCUT2D eigenvalue weighted by Gasteiger charge is 2.34. The lowest BCUT2D eigenvalue weighted by molar-refractivity contribution is -0.122. The van der Waals surface area contributed by atoms with E-state index in [9.17, 15) is 4.79 Å². The molecule has 1 saturated heterocycles. The summed E-state index contributed by atoms with van der Waals surface area (Å²) in [5.74, 6) is 0.351. The Morgan fingerprint density at radius 3 is 2.48 bits per heavy atom. The Labute approximate surface area is 163 Å². The van der Waals surface area contributed by atoms with E-state index in [2.05, 4.69) is 30.9 Å². The van der Waals surface area contributed by atoms with Gasteiger partial charge < -0.3 is 9.64 Å². The van der Waals surface area contributed by atoms with E-state index in [0.29, 0.717) is 24.4 Å². The van der Waals surface area contributed by atoms with Crippen LogP contribution in [0, 0.1) is 0 Å². The van der Waals surface area contributed by atoms with Crippen LogP contribution in [0.4, 0.5) is 0 Å². The predicted octanol–water partition coefficient (Wildman–Crippen LogP) is 4.38. The molecule has 1 heterocycles. The van der Waals surface area contributed by atoms with E-state index in [1.54, 1.807) is 4.90 Å². The topological polar surface area (TPSA) is 45.1 Å². The van der Waals surface area contributed by atoms with Gasteiger partial charge in [0.25, 0.3) is 5.91 Å². The molecule has 1 aliphatic heterocycles. The minimum atomic E-state index is -0.0634. The molecule has 148 valence electrons. The summed E-state index contributed by atoms with van der Waals surface area (Å²) in [7, 11) is 0. The number of carbonyl (C=O) groups is 1. The molecule has 0 radical (unpaired) electrons. The molecule has 1 saturated carbocycles. The summed E-state index contributed by atoms with van der Waals surface area (Å²) in [6.07, 6.45) is 14.1. The van der Waals surface area contributed by atoms with Crippen LogP contribution in [0.3, 0.4) is 0 Å². The van der Waals surface area contributed by atoms with Gasteiger partial charge in [0.15, 0.2) is 5.76 Å². The lowest BCUT2D eigenvalue weighted by Gasteiger charge is -2.26. The van der Waals surface area contributed by atoms with E-state index in [0.717, 1.165) is 44.3 Å². The third-order valence-corrected chi connectivity index (χ3v) is 5.72. The van der Waals surface area contributed by atoms with Gasteiger partial charge in [0.05, 0.1) is 6.04 Å². The molecule has 2 aliphatic carbocycles. The van der Waals surface area contributed by atoms with Gasteiger partial charge >= 0.3 is 6.02 Å². The summed E-state index contributed by atoms with van der Waals surface area (Å²) in [6.45, 7) is 8.99. The molecule has 0 bridgehead atoms. The molecule has 2 fully saturated rings. The quantitative estimate of drug-likeness (QED) is 0.651. The van der Waals surface area contributed by atoms with Gasteiger partial charge in [-0.3, -0.25) is 9.69 Å². The fourth-order valence-electron chi connectivity index (χ4n) is 4.07. The van der Waals surface area contributed by atoms with Gasteiger partial charge in [-0.1, -0.05) is 25.3 Å². The lowest BCUT2D eigenvalue weighted by atomic mass is 9.96. The number of rotatable bonds is 6. The highest BCUT2D eigenvalue weighted by atomic mass is 16.5. The molecular formula is C22H33N3O2. The molecule has 5 nitrogen and oxygen atoms in total. The van der Waals surface area contributed by atoms with Gasteiger partial charge in [-0.2, -0.15) is 0 Å². The minimum absolute atomic E-state index is 0.0634. The zero-order chi connectivity index (χ0) is 19.2. The molecule has 0 aromatic carbocycles. The molecule has 0 spiro atoms. The number of allylic oxidation sites excluding steroid dienone is 5. The number of amidine groups is 1. The van der Waals surface area contributed by atoms with Crippen LogP contribution in [0.15, 0.2) is 40.2 Å². The second kappa shape index (κ2) is 9.25. The van der Waals surface area contributed by atoms with E-state index in [-0.39, 0.29) is 5.91 Å². The lowest BCUT2D eigenvalue weighted by Crippen LogP contribution is -2.30. The zero-order valence-electron chi connectivity index (χ0n) is 17.0. The van der Waals surface area contributed by atoms with Gasteiger partial charge in [-0.15, -0.1) is 0 Å². The fraction of sp³-hybridized carbons (Fsp3) is 0.636. The van der Waals surface area contributed by atoms with Crippen molar-refractivity contribution in [2.24, 2.45) is 4.99 Å². The summed E-state index contributed by atoms with van der Waals surface area (Å²) in [6, 6.07) is 0.792. The first-order valence-electron chi connectivity index (χ1n) is 10.6. The summed E-state index contributed by atoms with van der Waals surface area (Å²) in [5.41, 5.74) is 2.51. The predicted molar refractivity (Wildman–Crippen MR) is 109 cm³/mol. The van der Waals surface area contributed by atoms with Crippen LogP contribution in [-0.2, 0) is 9.53 Å². The summed E-state index contributed by atoms with van der Waals surface area (Å²) in [5, 5.41) is 0. The van der Waals surface area contributed by atoms with E-state index < -0.39 is 0 Å². The van der Waals surface area contributed by atoms with Gasteiger partial charge in [-0.25, -0.2) is 4.99 Å². The average Bonchev–Trinajstić information content (AvgIpc) is 2.99. The number of carbonyl (C=O) groups excluding carboxylic acids is 1. The molecule has 0 aromatic rings. The van der Waals surface area contributed by atoms with Gasteiger partial charge in [0.2, 0.25) is 0 Å². The normalized spacial score (nSPS) is 24.3. The van der Waals surface area contributed by atoms with Crippen molar-refractivity contribution in [1.29, 1.82) is 0 Å². The number of likely N-dealkylation sites (N-methyl/N-ethyl adjacent to an activating group) is 1. The second-order valence-corrected chi connectivity index (χ2v) is 7.44. The van der Waals surface area contributed by atoms with Crippen molar-refractivity contribution < 1.29 is 9.53 Å². The first-order chi connectivity index (χ1) is 13.2. The van der Waals surface area contributed by atoms with Gasteiger partial charge in [0, 0.05) is 25.3 Å². The molecule has 0 atom stereocenters. The summed E-state index contributed by atoms with van der Waals surface area (Å²) < 4.78 is 5.91. The third-order valence-electron chi connectivity index (χ3n) is 5.72. The molecule has 3 aliphatic rings. The van der Waals surface area contributed by atoms with Crippen LogP contribution in [0.2, 0.25) is 0 Å². The van der Waals surface area contributed by atoms with Gasteiger partial charge in [-0.05, 0) is 64.2 Å². The molecule has 5 heteroatoms. The third kappa shape index (κ3) is 4.63. The largest absolute Gasteiger partial charge is 0.420 e. The van der Waals surface area contributed by atoms with Crippen LogP contribution < -0.4 is 0 Å². The van der Waals surface area contributed by atoms with Crippen molar-refractivity contribution in [1.82, 2.24) is 9.80 Å². The number of hydrogen-bond donors (Lipinski definition) is 0. The number of ether oxygens (including phenoxy) is 1. The minimum Gasteiger partial charge on any atom is -0.420 e. The average molecular weight is 372 g/mol. The Bertz CT molecular complexity index is 665. The van der Waals surface area contributed by atoms with Crippen LogP contribution in [0.1, 0.15) is 65.7 Å². The Balaban J connectivity index is 1.74. The molecule has 0 aromatic heterocycles. The number of amides is 1. The maximum Gasteiger partial charge on any atom is 0.300 e. The fourth-order valence-corrected chi connectivity index (χ4v) is 4.07. The zero-order valence-corrected chi connectivity index (χ0v) is 17.0. The van der Waals surface area contributed by atoms with E-state index >= 15 is 0 Å². The van der Waals surface area contributed by atoms with Crippen LogP contribution in [0.25, 0.3) is 0 Å². The van der Waals surface area contributed by atoms with Gasteiger partial charge in [0.1, 0.15) is 0 Å². The monoisotopic (exact) mass is 371 g/mol. The first-order valence-corrected chi connectivity index (χ1v) is 10.6. The van der Waals surface area contributed by atoms with E-state index in [4.69, 9.17) is 9.73 Å². The Hall–Kier alpha value is -2.04. The molecular weight excluding hydrogens is 338 g/mol. The Kier molecular flexibility index (Phi) is 6.75. The standard InChI is InChI=1S/C22H33N3O2/c1-4-24(5-2)19-14-12-17(13-15-19)16-20-21(26)25(6-3)22(27-20)23-18-10-8-7-9-11-18/h12,14,16,18H,4-11,13,15H2,1-3H3/b20-16+,23-22?. The van der Waals surface area contributed by atoms with Crippen molar-refractivity contribution >= 4 is 11.9 Å². The summed E-state index contributed by atoms with van der Waals surface area (Å²) >= 11 is 0. The maximum absolute atomic E-state index is 12.7. The highest BCUT2D eigenvalue weighted by Crippen LogP contribution is 2.27. The SMILES string of the molecule is CCN(CC)C1=CC=C(/C=C2/OC(=NC3CCCCC3)N(CC)C2=O)CC1. The maximum atomic E-state index is 12.7. The van der Waals surface area contributed by atoms with Crippen LogP contribution in [0.5, 0.6) is 0 Å². The smallest absolute Gasteiger partial charge is 0.300 e. The van der Waals surface area contributed by atoms with E-state index in [1.165, 1.54) is 25.0 Å². The Morgan fingerprint density at radius 2 is 1.89 bits per heavy atom. The highest BCUT2D eigenvalue weighted by molar-refractivity contribution is 6.09.